The summed E-state index contributed by atoms with van der Waals surface area (Å²) in [5.41, 5.74) is 1.46. The van der Waals surface area contributed by atoms with Gasteiger partial charge >= 0.3 is 5.97 Å². The quantitative estimate of drug-likeness (QED) is 0.586. The maximum absolute atomic E-state index is 11.7. The van der Waals surface area contributed by atoms with Crippen molar-refractivity contribution in [1.29, 1.82) is 0 Å². The summed E-state index contributed by atoms with van der Waals surface area (Å²) in [6, 6.07) is 18.2. The molecule has 0 unspecified atom stereocenters. The van der Waals surface area contributed by atoms with Gasteiger partial charge in [-0.1, -0.05) is 36.4 Å². The topological polar surface area (TPSA) is 58.9 Å². The zero-order valence-corrected chi connectivity index (χ0v) is 12.6. The van der Waals surface area contributed by atoms with E-state index in [1.54, 1.807) is 36.5 Å². The minimum Gasteiger partial charge on any atom is -0.507 e. The van der Waals surface area contributed by atoms with Gasteiger partial charge in [-0.05, 0) is 35.0 Å². The van der Waals surface area contributed by atoms with E-state index in [4.69, 9.17) is 4.74 Å². The molecule has 0 aliphatic heterocycles. The van der Waals surface area contributed by atoms with Crippen LogP contribution in [-0.4, -0.2) is 24.4 Å². The van der Waals surface area contributed by atoms with Crippen LogP contribution in [0.5, 0.6) is 5.75 Å². The predicted molar refractivity (Wildman–Crippen MR) is 90.6 cm³/mol. The number of benzene rings is 3. The fourth-order valence-electron chi connectivity index (χ4n) is 2.36. The maximum Gasteiger partial charge on any atom is 0.340 e. The molecular formula is C19H15NO3. The van der Waals surface area contributed by atoms with Gasteiger partial charge in [0.05, 0.1) is 18.4 Å². The highest BCUT2D eigenvalue weighted by Crippen LogP contribution is 2.25. The molecule has 0 aliphatic carbocycles. The van der Waals surface area contributed by atoms with Gasteiger partial charge < -0.3 is 9.84 Å². The zero-order valence-electron chi connectivity index (χ0n) is 12.6. The fraction of sp³-hybridized carbons (Fsp3) is 0.0526. The number of hydrogen-bond acceptors (Lipinski definition) is 4. The van der Waals surface area contributed by atoms with Crippen molar-refractivity contribution in [2.75, 3.05) is 7.11 Å². The van der Waals surface area contributed by atoms with Gasteiger partial charge in [-0.2, -0.15) is 0 Å². The Balaban J connectivity index is 2.01. The molecule has 3 aromatic carbocycles. The van der Waals surface area contributed by atoms with Gasteiger partial charge in [0.15, 0.2) is 0 Å². The molecule has 4 heteroatoms. The van der Waals surface area contributed by atoms with Crippen molar-refractivity contribution in [3.63, 3.8) is 0 Å². The lowest BCUT2D eigenvalue weighted by Gasteiger charge is -2.04. The molecule has 3 rings (SSSR count). The number of carbonyl (C=O) groups is 1. The number of carbonyl (C=O) groups excluding carboxylic acids is 1. The number of aliphatic imine (C=N–C) groups is 1. The van der Waals surface area contributed by atoms with Crippen LogP contribution in [0.3, 0.4) is 0 Å². The number of para-hydroxylation sites is 1. The van der Waals surface area contributed by atoms with Gasteiger partial charge in [0.25, 0.3) is 0 Å². The Kier molecular flexibility index (Phi) is 4.06. The van der Waals surface area contributed by atoms with E-state index < -0.39 is 5.97 Å². The van der Waals surface area contributed by atoms with Crippen LogP contribution in [0.2, 0.25) is 0 Å². The average molecular weight is 305 g/mol. The van der Waals surface area contributed by atoms with Gasteiger partial charge in [-0.15, -0.1) is 0 Å². The summed E-state index contributed by atoms with van der Waals surface area (Å²) in [5.74, 6) is -0.302. The maximum atomic E-state index is 11.7. The molecule has 0 atom stereocenters. The molecule has 3 aromatic rings. The number of phenols is 1. The van der Waals surface area contributed by atoms with Crippen molar-refractivity contribution in [1.82, 2.24) is 0 Å². The number of esters is 1. The van der Waals surface area contributed by atoms with E-state index in [0.717, 1.165) is 10.8 Å². The van der Waals surface area contributed by atoms with E-state index in [1.165, 1.54) is 7.11 Å². The van der Waals surface area contributed by atoms with Crippen molar-refractivity contribution in [2.24, 2.45) is 4.99 Å². The highest BCUT2D eigenvalue weighted by atomic mass is 16.5. The highest BCUT2D eigenvalue weighted by Gasteiger charge is 2.10. The molecule has 0 saturated carbocycles. The molecule has 114 valence electrons. The smallest absolute Gasteiger partial charge is 0.340 e. The molecular weight excluding hydrogens is 290 g/mol. The molecule has 0 heterocycles. The molecule has 0 aliphatic rings. The van der Waals surface area contributed by atoms with Gasteiger partial charge in [-0.3, -0.25) is 4.99 Å². The molecule has 0 amide bonds. The molecule has 0 saturated heterocycles. The van der Waals surface area contributed by atoms with Crippen molar-refractivity contribution in [2.45, 2.75) is 0 Å². The van der Waals surface area contributed by atoms with Crippen LogP contribution in [0.25, 0.3) is 10.8 Å². The van der Waals surface area contributed by atoms with E-state index >= 15 is 0 Å². The first-order chi connectivity index (χ1) is 11.2. The average Bonchev–Trinajstić information content (AvgIpc) is 2.59. The summed E-state index contributed by atoms with van der Waals surface area (Å²) in [6.45, 7) is 0. The van der Waals surface area contributed by atoms with E-state index in [1.807, 2.05) is 30.3 Å². The molecule has 23 heavy (non-hydrogen) atoms. The number of fused-ring (bicyclic) bond motifs is 1. The largest absolute Gasteiger partial charge is 0.507 e. The molecule has 4 nitrogen and oxygen atoms in total. The third kappa shape index (κ3) is 3.06. The number of methoxy groups -OCH3 is 1. The van der Waals surface area contributed by atoms with Crippen molar-refractivity contribution in [3.05, 3.63) is 71.8 Å². The summed E-state index contributed by atoms with van der Waals surface area (Å²) in [5, 5.41) is 12.1. The summed E-state index contributed by atoms with van der Waals surface area (Å²) in [4.78, 5) is 16.1. The van der Waals surface area contributed by atoms with Crippen LogP contribution in [0.4, 0.5) is 5.69 Å². The van der Waals surface area contributed by atoms with Gasteiger partial charge in [-0.25, -0.2) is 4.79 Å². The van der Waals surface area contributed by atoms with Crippen molar-refractivity contribution >= 4 is 28.6 Å². The van der Waals surface area contributed by atoms with Crippen LogP contribution in [0.15, 0.2) is 65.7 Å². The SMILES string of the molecule is COC(=O)c1ccccc1N=Cc1cc2ccccc2cc1O. The summed E-state index contributed by atoms with van der Waals surface area (Å²) >= 11 is 0. The van der Waals surface area contributed by atoms with E-state index in [2.05, 4.69) is 4.99 Å². The van der Waals surface area contributed by atoms with Crippen molar-refractivity contribution < 1.29 is 14.6 Å². The summed E-state index contributed by atoms with van der Waals surface area (Å²) in [7, 11) is 1.33. The zero-order chi connectivity index (χ0) is 16.2. The Morgan fingerprint density at radius 1 is 1.04 bits per heavy atom. The summed E-state index contributed by atoms with van der Waals surface area (Å²) < 4.78 is 4.75. The Hall–Kier alpha value is -3.14. The lowest BCUT2D eigenvalue weighted by Crippen LogP contribution is -2.01. The highest BCUT2D eigenvalue weighted by molar-refractivity contribution is 5.98. The van der Waals surface area contributed by atoms with Crippen molar-refractivity contribution in [3.8, 4) is 5.75 Å². The summed E-state index contributed by atoms with van der Waals surface area (Å²) in [6.07, 6.45) is 1.55. The first-order valence-electron chi connectivity index (χ1n) is 7.12. The van der Waals surface area contributed by atoms with Gasteiger partial charge in [0, 0.05) is 11.8 Å². The Morgan fingerprint density at radius 2 is 1.70 bits per heavy atom. The van der Waals surface area contributed by atoms with E-state index in [9.17, 15) is 9.90 Å². The number of aromatic hydroxyl groups is 1. The van der Waals surface area contributed by atoms with Gasteiger partial charge in [0.2, 0.25) is 0 Å². The van der Waals surface area contributed by atoms with Crippen LogP contribution >= 0.6 is 0 Å². The molecule has 0 bridgehead atoms. The first kappa shape index (κ1) is 14.8. The van der Waals surface area contributed by atoms with Crippen LogP contribution in [-0.2, 0) is 4.74 Å². The standard InChI is InChI=1S/C19H15NO3/c1-23-19(22)16-8-4-5-9-17(16)20-12-15-10-13-6-2-3-7-14(13)11-18(15)21/h2-12,21H,1H3. The predicted octanol–water partition coefficient (Wildman–Crippen LogP) is 4.08. The van der Waals surface area contributed by atoms with Crippen LogP contribution < -0.4 is 0 Å². The minimum atomic E-state index is -0.444. The number of nitrogens with zero attached hydrogens (tertiary/aromatic N) is 1. The fourth-order valence-corrected chi connectivity index (χ4v) is 2.36. The minimum absolute atomic E-state index is 0.142. The molecule has 0 spiro atoms. The van der Waals surface area contributed by atoms with Crippen LogP contribution in [0, 0.1) is 0 Å². The molecule has 0 aromatic heterocycles. The number of phenolic OH excluding ortho intramolecular Hbond substituents is 1. The number of rotatable bonds is 3. The lowest BCUT2D eigenvalue weighted by atomic mass is 10.1. The monoisotopic (exact) mass is 305 g/mol. The molecule has 1 N–H and O–H groups in total. The second-order valence-corrected chi connectivity index (χ2v) is 5.03. The van der Waals surface area contributed by atoms with E-state index in [-0.39, 0.29) is 5.75 Å². The Morgan fingerprint density at radius 3 is 2.43 bits per heavy atom. The van der Waals surface area contributed by atoms with E-state index in [0.29, 0.717) is 16.8 Å². The third-order valence-corrected chi connectivity index (χ3v) is 3.55. The number of hydrogen-bond donors (Lipinski definition) is 1. The second-order valence-electron chi connectivity index (χ2n) is 5.03. The molecule has 0 fully saturated rings. The third-order valence-electron chi connectivity index (χ3n) is 3.55. The number of ether oxygens (including phenoxy) is 1. The Bertz CT molecular complexity index is 900. The Labute approximate surface area is 133 Å². The second kappa shape index (κ2) is 6.32. The lowest BCUT2D eigenvalue weighted by molar-refractivity contribution is 0.0601. The first-order valence-corrected chi connectivity index (χ1v) is 7.12. The van der Waals surface area contributed by atoms with Gasteiger partial charge in [0.1, 0.15) is 5.75 Å². The normalized spacial score (nSPS) is 11.0. The van der Waals surface area contributed by atoms with Crippen LogP contribution in [0.1, 0.15) is 15.9 Å². The molecule has 0 radical (unpaired) electrons.